The lowest BCUT2D eigenvalue weighted by atomic mass is 10.3. The highest BCUT2D eigenvalue weighted by Gasteiger charge is 2.19. The van der Waals surface area contributed by atoms with Crippen LogP contribution in [0.25, 0.3) is 0 Å². The fourth-order valence-electron chi connectivity index (χ4n) is 1.11. The number of methoxy groups -OCH3 is 2. The number of ether oxygens (including phenoxy) is 2. The Balaban J connectivity index is 2.76. The van der Waals surface area contributed by atoms with Crippen molar-refractivity contribution >= 4 is 34.3 Å². The number of aromatic nitrogens is 1. The standard InChI is InChI=1S/C10H12FIN2O3/c1-16-5-7(17-2)10(15)14-9-6(12)3-4-8(11)13-9/h3-4,7H,5H2,1-2H3,(H,13,14,15). The lowest BCUT2D eigenvalue weighted by molar-refractivity contribution is -0.128. The lowest BCUT2D eigenvalue weighted by Crippen LogP contribution is -2.33. The average molecular weight is 354 g/mol. The van der Waals surface area contributed by atoms with E-state index in [2.05, 4.69) is 10.3 Å². The minimum absolute atomic E-state index is 0.119. The summed E-state index contributed by atoms with van der Waals surface area (Å²) < 4.78 is 23.3. The van der Waals surface area contributed by atoms with Crippen molar-refractivity contribution in [2.75, 3.05) is 26.1 Å². The summed E-state index contributed by atoms with van der Waals surface area (Å²) in [6, 6.07) is 2.75. The molecule has 17 heavy (non-hydrogen) atoms. The van der Waals surface area contributed by atoms with Crippen LogP contribution in [0.1, 0.15) is 0 Å². The van der Waals surface area contributed by atoms with Crippen molar-refractivity contribution in [3.05, 3.63) is 21.7 Å². The molecule has 0 saturated heterocycles. The van der Waals surface area contributed by atoms with Gasteiger partial charge in [-0.25, -0.2) is 4.98 Å². The van der Waals surface area contributed by atoms with Crippen LogP contribution >= 0.6 is 22.6 Å². The van der Waals surface area contributed by atoms with Gasteiger partial charge in [0.2, 0.25) is 5.95 Å². The van der Waals surface area contributed by atoms with Gasteiger partial charge in [-0.15, -0.1) is 0 Å². The van der Waals surface area contributed by atoms with E-state index in [1.54, 1.807) is 0 Å². The average Bonchev–Trinajstić information content (AvgIpc) is 2.30. The molecule has 0 aromatic carbocycles. The van der Waals surface area contributed by atoms with Crippen molar-refractivity contribution in [3.63, 3.8) is 0 Å². The highest BCUT2D eigenvalue weighted by atomic mass is 127. The Morgan fingerprint density at radius 2 is 2.29 bits per heavy atom. The molecular formula is C10H12FIN2O3. The van der Waals surface area contributed by atoms with Gasteiger partial charge in [0, 0.05) is 14.2 Å². The van der Waals surface area contributed by atoms with E-state index in [0.29, 0.717) is 3.57 Å². The molecule has 7 heteroatoms. The molecule has 0 radical (unpaired) electrons. The summed E-state index contributed by atoms with van der Waals surface area (Å²) in [5, 5.41) is 2.48. The summed E-state index contributed by atoms with van der Waals surface area (Å²) in [5.74, 6) is -0.902. The quantitative estimate of drug-likeness (QED) is 0.642. The van der Waals surface area contributed by atoms with Gasteiger partial charge in [0.15, 0.2) is 6.10 Å². The first-order valence-corrected chi connectivity index (χ1v) is 5.81. The Kier molecular flexibility index (Phi) is 5.72. The topological polar surface area (TPSA) is 60.5 Å². The van der Waals surface area contributed by atoms with Crippen LogP contribution in [-0.2, 0) is 14.3 Å². The fraction of sp³-hybridized carbons (Fsp3) is 0.400. The van der Waals surface area contributed by atoms with Crippen LogP contribution in [0, 0.1) is 9.52 Å². The zero-order valence-electron chi connectivity index (χ0n) is 9.37. The minimum atomic E-state index is -0.749. The molecule has 1 unspecified atom stereocenters. The Labute approximate surface area is 112 Å². The summed E-state index contributed by atoms with van der Waals surface area (Å²) in [6.45, 7) is 0.119. The highest BCUT2D eigenvalue weighted by Crippen LogP contribution is 2.15. The van der Waals surface area contributed by atoms with Crippen LogP contribution in [0.3, 0.4) is 0 Å². The number of rotatable bonds is 5. The monoisotopic (exact) mass is 354 g/mol. The third-order valence-electron chi connectivity index (χ3n) is 1.95. The molecule has 0 saturated carbocycles. The highest BCUT2D eigenvalue weighted by molar-refractivity contribution is 14.1. The van der Waals surface area contributed by atoms with Gasteiger partial charge in [0.25, 0.3) is 5.91 Å². The van der Waals surface area contributed by atoms with Gasteiger partial charge in [0.1, 0.15) is 5.82 Å². The maximum atomic E-state index is 12.9. The Bertz CT molecular complexity index is 403. The number of nitrogens with zero attached hydrogens (tertiary/aromatic N) is 1. The molecule has 94 valence electrons. The first kappa shape index (κ1) is 14.3. The number of hydrogen-bond acceptors (Lipinski definition) is 4. The van der Waals surface area contributed by atoms with E-state index in [9.17, 15) is 9.18 Å². The smallest absolute Gasteiger partial charge is 0.257 e. The van der Waals surface area contributed by atoms with Crippen molar-refractivity contribution in [3.8, 4) is 0 Å². The van der Waals surface area contributed by atoms with Crippen LogP contribution < -0.4 is 5.32 Å². The molecule has 0 spiro atoms. The Hall–Kier alpha value is -0.800. The van der Waals surface area contributed by atoms with E-state index in [1.165, 1.54) is 26.4 Å². The number of carbonyl (C=O) groups is 1. The molecule has 5 nitrogen and oxygen atoms in total. The molecule has 1 N–H and O–H groups in total. The van der Waals surface area contributed by atoms with Crippen LogP contribution in [0.4, 0.5) is 10.2 Å². The van der Waals surface area contributed by atoms with E-state index < -0.39 is 18.0 Å². The fourth-order valence-corrected chi connectivity index (χ4v) is 1.54. The molecule has 1 heterocycles. The van der Waals surface area contributed by atoms with E-state index in [4.69, 9.17) is 9.47 Å². The number of hydrogen-bond donors (Lipinski definition) is 1. The summed E-state index contributed by atoms with van der Waals surface area (Å²) in [5.41, 5.74) is 0. The molecular weight excluding hydrogens is 342 g/mol. The van der Waals surface area contributed by atoms with E-state index in [1.807, 2.05) is 22.6 Å². The SMILES string of the molecule is COCC(OC)C(=O)Nc1nc(F)ccc1I. The molecule has 0 aliphatic rings. The Morgan fingerprint density at radius 1 is 1.59 bits per heavy atom. The first-order valence-electron chi connectivity index (χ1n) is 4.73. The molecule has 1 rings (SSSR count). The molecule has 0 aliphatic carbocycles. The summed E-state index contributed by atoms with van der Waals surface area (Å²) in [4.78, 5) is 15.3. The van der Waals surface area contributed by atoms with E-state index >= 15 is 0 Å². The first-order chi connectivity index (χ1) is 8.08. The lowest BCUT2D eigenvalue weighted by Gasteiger charge is -2.14. The van der Waals surface area contributed by atoms with E-state index in [-0.39, 0.29) is 12.4 Å². The summed E-state index contributed by atoms with van der Waals surface area (Å²) in [7, 11) is 2.86. The van der Waals surface area contributed by atoms with Crippen molar-refractivity contribution in [1.82, 2.24) is 4.98 Å². The largest absolute Gasteiger partial charge is 0.381 e. The van der Waals surface area contributed by atoms with Crippen molar-refractivity contribution < 1.29 is 18.7 Å². The molecule has 0 bridgehead atoms. The van der Waals surface area contributed by atoms with Gasteiger partial charge in [-0.1, -0.05) is 0 Å². The molecule has 0 fully saturated rings. The van der Waals surface area contributed by atoms with Gasteiger partial charge in [0.05, 0.1) is 10.2 Å². The molecule has 1 aromatic rings. The Morgan fingerprint density at radius 3 is 2.88 bits per heavy atom. The van der Waals surface area contributed by atoms with Gasteiger partial charge < -0.3 is 14.8 Å². The predicted molar refractivity (Wildman–Crippen MR) is 68.2 cm³/mol. The van der Waals surface area contributed by atoms with E-state index in [0.717, 1.165) is 0 Å². The molecule has 0 aliphatic heterocycles. The zero-order chi connectivity index (χ0) is 12.8. The summed E-state index contributed by atoms with van der Waals surface area (Å²) in [6.07, 6.45) is -0.749. The number of amides is 1. The molecule has 1 amide bonds. The van der Waals surface area contributed by atoms with Crippen LogP contribution in [0.15, 0.2) is 12.1 Å². The van der Waals surface area contributed by atoms with Gasteiger partial charge in [-0.3, -0.25) is 4.79 Å². The van der Waals surface area contributed by atoms with Crippen LogP contribution in [-0.4, -0.2) is 37.8 Å². The number of pyridine rings is 1. The second kappa shape index (κ2) is 6.82. The predicted octanol–water partition coefficient (Wildman–Crippen LogP) is 1.43. The van der Waals surface area contributed by atoms with Crippen molar-refractivity contribution in [1.29, 1.82) is 0 Å². The second-order valence-electron chi connectivity index (χ2n) is 3.13. The van der Waals surface area contributed by atoms with Crippen molar-refractivity contribution in [2.45, 2.75) is 6.10 Å². The van der Waals surface area contributed by atoms with Crippen LogP contribution in [0.2, 0.25) is 0 Å². The maximum Gasteiger partial charge on any atom is 0.257 e. The number of nitrogens with one attached hydrogen (secondary N) is 1. The third kappa shape index (κ3) is 4.17. The number of anilines is 1. The third-order valence-corrected chi connectivity index (χ3v) is 2.82. The van der Waals surface area contributed by atoms with Gasteiger partial charge in [-0.2, -0.15) is 4.39 Å². The maximum absolute atomic E-state index is 12.9. The second-order valence-corrected chi connectivity index (χ2v) is 4.30. The van der Waals surface area contributed by atoms with Gasteiger partial charge in [-0.05, 0) is 34.7 Å². The van der Waals surface area contributed by atoms with Crippen LogP contribution in [0.5, 0.6) is 0 Å². The minimum Gasteiger partial charge on any atom is -0.381 e. The van der Waals surface area contributed by atoms with Gasteiger partial charge >= 0.3 is 0 Å². The number of halogens is 2. The zero-order valence-corrected chi connectivity index (χ0v) is 11.5. The summed E-state index contributed by atoms with van der Waals surface area (Å²) >= 11 is 1.95. The van der Waals surface area contributed by atoms with Crippen molar-refractivity contribution in [2.24, 2.45) is 0 Å². The number of carbonyl (C=O) groups excluding carboxylic acids is 1. The molecule has 1 atom stereocenters. The normalized spacial score (nSPS) is 12.2. The molecule has 1 aromatic heterocycles.